The van der Waals surface area contributed by atoms with Gasteiger partial charge in [-0.1, -0.05) is 27.5 Å². The predicted octanol–water partition coefficient (Wildman–Crippen LogP) is 5.64. The minimum Gasteiger partial charge on any atom is -0.494 e. The van der Waals surface area contributed by atoms with Gasteiger partial charge in [0.1, 0.15) is 5.75 Å². The fourth-order valence-corrected chi connectivity index (χ4v) is 2.24. The molecule has 0 amide bonds. The molecule has 0 saturated carbocycles. The maximum Gasteiger partial charge on any atom is 0.119 e. The van der Waals surface area contributed by atoms with Crippen LogP contribution in [0, 0.1) is 0 Å². The van der Waals surface area contributed by atoms with Gasteiger partial charge in [-0.3, -0.25) is 0 Å². The van der Waals surface area contributed by atoms with Gasteiger partial charge in [0.25, 0.3) is 0 Å². The molecule has 4 heteroatoms. The predicted molar refractivity (Wildman–Crippen MR) is 89.7 cm³/mol. The van der Waals surface area contributed by atoms with E-state index in [0.717, 1.165) is 46.9 Å². The molecule has 0 radical (unpaired) electrons. The molecule has 0 spiro atoms. The summed E-state index contributed by atoms with van der Waals surface area (Å²) in [5.41, 5.74) is 2.04. The largest absolute Gasteiger partial charge is 0.494 e. The van der Waals surface area contributed by atoms with Crippen LogP contribution in [0.15, 0.2) is 48.5 Å². The van der Waals surface area contributed by atoms with E-state index < -0.39 is 0 Å². The zero-order valence-corrected chi connectivity index (χ0v) is 13.5. The number of anilines is 2. The number of hydrogen-bond acceptors (Lipinski definition) is 2. The highest BCUT2D eigenvalue weighted by atomic mass is 79.9. The van der Waals surface area contributed by atoms with Crippen LogP contribution in [-0.4, -0.2) is 11.9 Å². The highest BCUT2D eigenvalue weighted by Crippen LogP contribution is 2.21. The van der Waals surface area contributed by atoms with Crippen molar-refractivity contribution in [1.82, 2.24) is 0 Å². The van der Waals surface area contributed by atoms with Crippen LogP contribution in [-0.2, 0) is 0 Å². The van der Waals surface area contributed by atoms with Gasteiger partial charge in [0, 0.05) is 21.7 Å². The molecular weight excluding hydrogens is 338 g/mol. The van der Waals surface area contributed by atoms with Gasteiger partial charge < -0.3 is 10.1 Å². The zero-order chi connectivity index (χ0) is 14.2. The van der Waals surface area contributed by atoms with Crippen molar-refractivity contribution in [1.29, 1.82) is 0 Å². The second-order valence-electron chi connectivity index (χ2n) is 4.40. The molecule has 0 unspecified atom stereocenters. The van der Waals surface area contributed by atoms with E-state index >= 15 is 0 Å². The van der Waals surface area contributed by atoms with Gasteiger partial charge in [-0.25, -0.2) is 0 Å². The Labute approximate surface area is 133 Å². The van der Waals surface area contributed by atoms with E-state index in [1.807, 2.05) is 48.5 Å². The Morgan fingerprint density at radius 3 is 2.10 bits per heavy atom. The molecule has 2 rings (SSSR count). The van der Waals surface area contributed by atoms with Gasteiger partial charge in [0.05, 0.1) is 6.61 Å². The first-order chi connectivity index (χ1) is 9.78. The molecule has 0 aromatic heterocycles. The fourth-order valence-electron chi connectivity index (χ4n) is 1.72. The summed E-state index contributed by atoms with van der Waals surface area (Å²) < 4.78 is 5.66. The van der Waals surface area contributed by atoms with Crippen molar-refractivity contribution in [2.45, 2.75) is 12.8 Å². The quantitative estimate of drug-likeness (QED) is 0.513. The van der Waals surface area contributed by atoms with Crippen molar-refractivity contribution in [3.63, 3.8) is 0 Å². The Bertz CT molecular complexity index is 513. The summed E-state index contributed by atoms with van der Waals surface area (Å²) in [7, 11) is 0. The maximum absolute atomic E-state index is 5.86. The van der Waals surface area contributed by atoms with E-state index in [0.29, 0.717) is 0 Å². The van der Waals surface area contributed by atoms with Crippen LogP contribution in [0.25, 0.3) is 0 Å². The van der Waals surface area contributed by atoms with Gasteiger partial charge >= 0.3 is 0 Å². The van der Waals surface area contributed by atoms with E-state index in [4.69, 9.17) is 16.3 Å². The van der Waals surface area contributed by atoms with Crippen molar-refractivity contribution in [2.24, 2.45) is 0 Å². The molecule has 106 valence electrons. The molecule has 0 heterocycles. The minimum atomic E-state index is 0.739. The molecule has 0 saturated heterocycles. The summed E-state index contributed by atoms with van der Waals surface area (Å²) in [5, 5.41) is 5.08. The number of ether oxygens (including phenoxy) is 1. The molecule has 0 bridgehead atoms. The van der Waals surface area contributed by atoms with Crippen LogP contribution < -0.4 is 10.1 Å². The number of hydrogen-bond donors (Lipinski definition) is 1. The lowest BCUT2D eigenvalue weighted by Crippen LogP contribution is -1.97. The van der Waals surface area contributed by atoms with E-state index in [1.54, 1.807) is 0 Å². The molecule has 0 atom stereocenters. The number of unbranched alkanes of at least 4 members (excludes halogenated alkanes) is 1. The van der Waals surface area contributed by atoms with E-state index in [2.05, 4.69) is 21.2 Å². The molecule has 0 aliphatic carbocycles. The van der Waals surface area contributed by atoms with E-state index in [-0.39, 0.29) is 0 Å². The van der Waals surface area contributed by atoms with Crippen molar-refractivity contribution >= 4 is 38.9 Å². The monoisotopic (exact) mass is 353 g/mol. The summed E-state index contributed by atoms with van der Waals surface area (Å²) >= 11 is 9.27. The van der Waals surface area contributed by atoms with Crippen LogP contribution in [0.5, 0.6) is 5.75 Å². The smallest absolute Gasteiger partial charge is 0.119 e. The fraction of sp³-hybridized carbons (Fsp3) is 0.250. The summed E-state index contributed by atoms with van der Waals surface area (Å²) in [6.45, 7) is 0.759. The molecule has 0 aliphatic heterocycles. The van der Waals surface area contributed by atoms with Crippen LogP contribution in [0.2, 0.25) is 5.02 Å². The highest BCUT2D eigenvalue weighted by Gasteiger charge is 1.97. The van der Waals surface area contributed by atoms with Crippen LogP contribution in [0.4, 0.5) is 11.4 Å². The molecule has 0 fully saturated rings. The Morgan fingerprint density at radius 2 is 1.50 bits per heavy atom. The molecule has 20 heavy (non-hydrogen) atoms. The Balaban J connectivity index is 1.86. The third kappa shape index (κ3) is 5.06. The first kappa shape index (κ1) is 15.2. The van der Waals surface area contributed by atoms with Crippen molar-refractivity contribution < 1.29 is 4.74 Å². The van der Waals surface area contributed by atoms with Gasteiger partial charge in [0.2, 0.25) is 0 Å². The SMILES string of the molecule is Clc1ccc(Nc2ccc(OCCCCBr)cc2)cc1. The van der Waals surface area contributed by atoms with Gasteiger partial charge in [0.15, 0.2) is 0 Å². The molecule has 2 aromatic carbocycles. The summed E-state index contributed by atoms with van der Waals surface area (Å²) in [6.07, 6.45) is 2.20. The van der Waals surface area contributed by atoms with E-state index in [1.165, 1.54) is 0 Å². The van der Waals surface area contributed by atoms with Crippen LogP contribution >= 0.6 is 27.5 Å². The van der Waals surface area contributed by atoms with Crippen molar-refractivity contribution in [2.75, 3.05) is 17.3 Å². The lowest BCUT2D eigenvalue weighted by molar-refractivity contribution is 0.310. The standard InChI is InChI=1S/C16H17BrClNO/c17-11-1-2-12-20-16-9-7-15(8-10-16)19-14-5-3-13(18)4-6-14/h3-10,19H,1-2,11-12H2. The average molecular weight is 355 g/mol. The number of rotatable bonds is 7. The van der Waals surface area contributed by atoms with Crippen LogP contribution in [0.1, 0.15) is 12.8 Å². The molecular formula is C16H17BrClNO. The maximum atomic E-state index is 5.86. The number of benzene rings is 2. The number of halogens is 2. The summed E-state index contributed by atoms with van der Waals surface area (Å²) in [6, 6.07) is 15.6. The molecule has 2 aromatic rings. The minimum absolute atomic E-state index is 0.739. The molecule has 0 aliphatic rings. The van der Waals surface area contributed by atoms with Crippen LogP contribution in [0.3, 0.4) is 0 Å². The van der Waals surface area contributed by atoms with Crippen molar-refractivity contribution in [3.05, 3.63) is 53.6 Å². The Kier molecular flexibility index (Phi) is 6.22. The van der Waals surface area contributed by atoms with Gasteiger partial charge in [-0.05, 0) is 61.4 Å². The van der Waals surface area contributed by atoms with Gasteiger partial charge in [-0.15, -0.1) is 0 Å². The number of nitrogens with one attached hydrogen (secondary N) is 1. The lowest BCUT2D eigenvalue weighted by atomic mass is 10.2. The molecule has 1 N–H and O–H groups in total. The first-order valence-electron chi connectivity index (χ1n) is 6.59. The Hall–Kier alpha value is -1.19. The number of alkyl halides is 1. The first-order valence-corrected chi connectivity index (χ1v) is 8.09. The van der Waals surface area contributed by atoms with Crippen molar-refractivity contribution in [3.8, 4) is 5.75 Å². The third-order valence-electron chi connectivity index (χ3n) is 2.78. The van der Waals surface area contributed by atoms with E-state index in [9.17, 15) is 0 Å². The molecule has 2 nitrogen and oxygen atoms in total. The zero-order valence-electron chi connectivity index (χ0n) is 11.1. The topological polar surface area (TPSA) is 21.3 Å². The second-order valence-corrected chi connectivity index (χ2v) is 5.63. The summed E-state index contributed by atoms with van der Waals surface area (Å²) in [5.74, 6) is 0.904. The third-order valence-corrected chi connectivity index (χ3v) is 3.60. The normalized spacial score (nSPS) is 10.3. The Morgan fingerprint density at radius 1 is 0.900 bits per heavy atom. The average Bonchev–Trinajstić information content (AvgIpc) is 2.48. The highest BCUT2D eigenvalue weighted by molar-refractivity contribution is 9.09. The lowest BCUT2D eigenvalue weighted by Gasteiger charge is -2.09. The van der Waals surface area contributed by atoms with Gasteiger partial charge in [-0.2, -0.15) is 0 Å². The second kappa shape index (κ2) is 8.18. The summed E-state index contributed by atoms with van der Waals surface area (Å²) in [4.78, 5) is 0.